The standard InChI is InChI=1S/C27H26Cl2N4O2/c1-5-32(27(35)31-22-12-8-10-20(28)24(22)29)18(4)25-30-21-11-7-6-9-19(21)26(34)33(25)23-14-13-16(2)15-17(23)3/h6-15,18H,5H2,1-4H3,(H,31,35). The van der Waals surface area contributed by atoms with Crippen LogP contribution in [-0.2, 0) is 0 Å². The van der Waals surface area contributed by atoms with E-state index in [1.54, 1.807) is 39.8 Å². The number of anilines is 1. The predicted molar refractivity (Wildman–Crippen MR) is 143 cm³/mol. The second kappa shape index (κ2) is 10.1. The fraction of sp³-hybridized carbons (Fsp3) is 0.222. The molecule has 0 radical (unpaired) electrons. The van der Waals surface area contributed by atoms with Gasteiger partial charge in [-0.25, -0.2) is 9.78 Å². The van der Waals surface area contributed by atoms with E-state index in [0.717, 1.165) is 16.8 Å². The minimum Gasteiger partial charge on any atom is -0.315 e. The minimum atomic E-state index is -0.532. The van der Waals surface area contributed by atoms with Gasteiger partial charge >= 0.3 is 6.03 Å². The summed E-state index contributed by atoms with van der Waals surface area (Å²) < 4.78 is 1.62. The van der Waals surface area contributed by atoms with Gasteiger partial charge in [0.2, 0.25) is 0 Å². The fourth-order valence-corrected chi connectivity index (χ4v) is 4.59. The molecule has 2 amide bonds. The average molecular weight is 509 g/mol. The highest BCUT2D eigenvalue weighted by Crippen LogP contribution is 2.31. The first-order valence-corrected chi connectivity index (χ1v) is 12.1. The first-order chi connectivity index (χ1) is 16.7. The Morgan fingerprint density at radius 2 is 1.83 bits per heavy atom. The highest BCUT2D eigenvalue weighted by atomic mass is 35.5. The van der Waals surface area contributed by atoms with Gasteiger partial charge in [0, 0.05) is 6.54 Å². The highest BCUT2D eigenvalue weighted by molar-refractivity contribution is 6.43. The molecular weight excluding hydrogens is 483 g/mol. The van der Waals surface area contributed by atoms with Crippen molar-refractivity contribution in [3.8, 4) is 5.69 Å². The summed E-state index contributed by atoms with van der Waals surface area (Å²) in [5.74, 6) is 0.467. The number of carbonyl (C=O) groups excluding carboxylic acids is 1. The number of aromatic nitrogens is 2. The molecule has 1 heterocycles. The van der Waals surface area contributed by atoms with Crippen molar-refractivity contribution < 1.29 is 4.79 Å². The van der Waals surface area contributed by atoms with Gasteiger partial charge < -0.3 is 10.2 Å². The molecule has 3 aromatic carbocycles. The topological polar surface area (TPSA) is 67.2 Å². The summed E-state index contributed by atoms with van der Waals surface area (Å²) in [6.07, 6.45) is 0. The molecule has 1 unspecified atom stereocenters. The molecule has 0 spiro atoms. The second-order valence-electron chi connectivity index (χ2n) is 8.41. The van der Waals surface area contributed by atoms with Crippen LogP contribution < -0.4 is 10.9 Å². The fourth-order valence-electron chi connectivity index (χ4n) is 4.24. The maximum Gasteiger partial charge on any atom is 0.322 e. The second-order valence-corrected chi connectivity index (χ2v) is 9.20. The molecule has 0 aliphatic carbocycles. The number of hydrogen-bond donors (Lipinski definition) is 1. The first kappa shape index (κ1) is 24.8. The van der Waals surface area contributed by atoms with Gasteiger partial charge in [-0.1, -0.05) is 59.1 Å². The Morgan fingerprint density at radius 1 is 1.09 bits per heavy atom. The number of aryl methyl sites for hydroxylation is 2. The summed E-state index contributed by atoms with van der Waals surface area (Å²) >= 11 is 12.4. The van der Waals surface area contributed by atoms with Crippen molar-refractivity contribution in [2.24, 2.45) is 0 Å². The van der Waals surface area contributed by atoms with Crippen molar-refractivity contribution >= 4 is 45.8 Å². The summed E-state index contributed by atoms with van der Waals surface area (Å²) in [6.45, 7) is 8.08. The van der Waals surface area contributed by atoms with Crippen LogP contribution in [0.2, 0.25) is 10.0 Å². The first-order valence-electron chi connectivity index (χ1n) is 11.3. The van der Waals surface area contributed by atoms with E-state index in [2.05, 4.69) is 5.32 Å². The van der Waals surface area contributed by atoms with Gasteiger partial charge in [-0.15, -0.1) is 0 Å². The maximum atomic E-state index is 13.7. The van der Waals surface area contributed by atoms with Gasteiger partial charge in [0.1, 0.15) is 5.82 Å². The molecular formula is C27H26Cl2N4O2. The van der Waals surface area contributed by atoms with Gasteiger partial charge in [-0.2, -0.15) is 0 Å². The van der Waals surface area contributed by atoms with E-state index in [4.69, 9.17) is 28.2 Å². The third kappa shape index (κ3) is 4.77. The predicted octanol–water partition coefficient (Wildman–Crippen LogP) is 6.92. The maximum absolute atomic E-state index is 13.7. The van der Waals surface area contributed by atoms with E-state index in [0.29, 0.717) is 34.0 Å². The number of halogens is 2. The molecule has 8 heteroatoms. The molecule has 4 aromatic rings. The molecule has 1 atom stereocenters. The van der Waals surface area contributed by atoms with E-state index >= 15 is 0 Å². The Balaban J connectivity index is 1.84. The van der Waals surface area contributed by atoms with Crippen LogP contribution in [0, 0.1) is 13.8 Å². The van der Waals surface area contributed by atoms with Crippen LogP contribution in [-0.4, -0.2) is 27.0 Å². The number of nitrogens with one attached hydrogen (secondary N) is 1. The number of urea groups is 1. The highest BCUT2D eigenvalue weighted by Gasteiger charge is 2.27. The molecule has 0 bridgehead atoms. The van der Waals surface area contributed by atoms with Crippen molar-refractivity contribution in [2.45, 2.75) is 33.7 Å². The third-order valence-electron chi connectivity index (χ3n) is 6.03. The van der Waals surface area contributed by atoms with Crippen molar-refractivity contribution in [1.29, 1.82) is 0 Å². The van der Waals surface area contributed by atoms with Crippen LogP contribution in [0.15, 0.2) is 65.5 Å². The van der Waals surface area contributed by atoms with E-state index in [1.807, 2.05) is 58.0 Å². The van der Waals surface area contributed by atoms with E-state index in [9.17, 15) is 9.59 Å². The Labute approximate surface area is 214 Å². The monoisotopic (exact) mass is 508 g/mol. The smallest absolute Gasteiger partial charge is 0.315 e. The lowest BCUT2D eigenvalue weighted by Crippen LogP contribution is -2.39. The molecule has 0 aliphatic rings. The number of para-hydroxylation sites is 1. The summed E-state index contributed by atoms with van der Waals surface area (Å²) in [6, 6.07) is 17.3. The SMILES string of the molecule is CCN(C(=O)Nc1cccc(Cl)c1Cl)C(C)c1nc2ccccc2c(=O)n1-c1ccc(C)cc1C. The molecule has 1 N–H and O–H groups in total. The zero-order valence-corrected chi connectivity index (χ0v) is 21.5. The van der Waals surface area contributed by atoms with Crippen LogP contribution in [0.25, 0.3) is 16.6 Å². The van der Waals surface area contributed by atoms with Gasteiger partial charge in [0.25, 0.3) is 5.56 Å². The molecule has 0 fully saturated rings. The van der Waals surface area contributed by atoms with Gasteiger partial charge in [-0.3, -0.25) is 9.36 Å². The van der Waals surface area contributed by atoms with Gasteiger partial charge in [0.15, 0.2) is 0 Å². The van der Waals surface area contributed by atoms with Crippen molar-refractivity contribution in [3.63, 3.8) is 0 Å². The quantitative estimate of drug-likeness (QED) is 0.318. The minimum absolute atomic E-state index is 0.182. The number of hydrogen-bond acceptors (Lipinski definition) is 3. The number of fused-ring (bicyclic) bond motifs is 1. The lowest BCUT2D eigenvalue weighted by molar-refractivity contribution is 0.193. The molecule has 0 saturated carbocycles. The number of rotatable bonds is 5. The van der Waals surface area contributed by atoms with E-state index in [-0.39, 0.29) is 16.6 Å². The Morgan fingerprint density at radius 3 is 2.54 bits per heavy atom. The molecule has 6 nitrogen and oxygen atoms in total. The van der Waals surface area contributed by atoms with Crippen LogP contribution in [0.1, 0.15) is 36.8 Å². The van der Waals surface area contributed by atoms with Gasteiger partial charge in [-0.05, 0) is 63.6 Å². The lowest BCUT2D eigenvalue weighted by Gasteiger charge is -2.30. The number of amides is 2. The van der Waals surface area contributed by atoms with Crippen LogP contribution in [0.5, 0.6) is 0 Å². The van der Waals surface area contributed by atoms with Crippen LogP contribution in [0.4, 0.5) is 10.5 Å². The number of nitrogens with zero attached hydrogens (tertiary/aromatic N) is 3. The number of carbonyl (C=O) groups is 1. The zero-order valence-electron chi connectivity index (χ0n) is 20.0. The molecule has 0 aliphatic heterocycles. The summed E-state index contributed by atoms with van der Waals surface area (Å²) in [7, 11) is 0. The average Bonchev–Trinajstić information content (AvgIpc) is 2.83. The summed E-state index contributed by atoms with van der Waals surface area (Å²) in [5, 5.41) is 3.97. The van der Waals surface area contributed by atoms with E-state index in [1.165, 1.54) is 0 Å². The summed E-state index contributed by atoms with van der Waals surface area (Å²) in [5.41, 5.74) is 3.57. The normalized spacial score (nSPS) is 11.9. The van der Waals surface area contributed by atoms with Crippen molar-refractivity contribution in [1.82, 2.24) is 14.5 Å². The molecule has 35 heavy (non-hydrogen) atoms. The Kier molecular flexibility index (Phi) is 7.15. The molecule has 180 valence electrons. The largest absolute Gasteiger partial charge is 0.322 e. The zero-order chi connectivity index (χ0) is 25.3. The Bertz CT molecular complexity index is 1480. The lowest BCUT2D eigenvalue weighted by atomic mass is 10.1. The van der Waals surface area contributed by atoms with Crippen molar-refractivity contribution in [2.75, 3.05) is 11.9 Å². The molecule has 4 rings (SSSR count). The molecule has 1 aromatic heterocycles. The molecule has 0 saturated heterocycles. The van der Waals surface area contributed by atoms with E-state index < -0.39 is 6.04 Å². The van der Waals surface area contributed by atoms with Crippen molar-refractivity contribution in [3.05, 3.63) is 98.0 Å². The van der Waals surface area contributed by atoms with Crippen LogP contribution in [0.3, 0.4) is 0 Å². The van der Waals surface area contributed by atoms with Crippen LogP contribution >= 0.6 is 23.2 Å². The Hall–Kier alpha value is -3.35. The summed E-state index contributed by atoms with van der Waals surface area (Å²) in [4.78, 5) is 33.5. The van der Waals surface area contributed by atoms with Gasteiger partial charge in [0.05, 0.1) is 38.4 Å². The number of benzene rings is 3. The third-order valence-corrected chi connectivity index (χ3v) is 6.85.